The number of likely N-dealkylation sites (tertiary alicyclic amines) is 1. The van der Waals surface area contributed by atoms with E-state index in [1.807, 2.05) is 24.3 Å². The molecule has 0 unspecified atom stereocenters. The molecular formula is C16H22N2O. The Balaban J connectivity index is 1.79. The molecule has 3 nitrogen and oxygen atoms in total. The summed E-state index contributed by atoms with van der Waals surface area (Å²) in [6.45, 7) is 0.921. The molecule has 0 spiro atoms. The van der Waals surface area contributed by atoms with Crippen LogP contribution >= 0.6 is 0 Å². The standard InChI is InChI=1S/C16H22N2O/c17-14-9-7-13(8-10-14)16(19)18-11-3-5-12-4-1-2-6-15(12)18/h7-10,12,15H,1-6,11,17H2/t12-,15-/m0/s1. The molecule has 3 rings (SSSR count). The summed E-state index contributed by atoms with van der Waals surface area (Å²) < 4.78 is 0. The van der Waals surface area contributed by atoms with Gasteiger partial charge in [0.15, 0.2) is 0 Å². The Hall–Kier alpha value is -1.51. The van der Waals surface area contributed by atoms with Crippen molar-refractivity contribution in [2.75, 3.05) is 12.3 Å². The number of rotatable bonds is 1. The Kier molecular flexibility index (Phi) is 3.45. The fourth-order valence-electron chi connectivity index (χ4n) is 3.67. The number of fused-ring (bicyclic) bond motifs is 1. The third-order valence-electron chi connectivity index (χ3n) is 4.66. The van der Waals surface area contributed by atoms with Gasteiger partial charge in [0.2, 0.25) is 0 Å². The maximum absolute atomic E-state index is 12.7. The molecule has 0 aromatic heterocycles. The first kappa shape index (κ1) is 12.5. The topological polar surface area (TPSA) is 46.3 Å². The number of benzene rings is 1. The van der Waals surface area contributed by atoms with Crippen molar-refractivity contribution in [3.63, 3.8) is 0 Å². The second-order valence-electron chi connectivity index (χ2n) is 5.87. The highest BCUT2D eigenvalue weighted by Gasteiger charge is 2.35. The minimum absolute atomic E-state index is 0.191. The molecule has 1 saturated carbocycles. The number of carbonyl (C=O) groups is 1. The summed E-state index contributed by atoms with van der Waals surface area (Å²) in [5.74, 6) is 0.928. The summed E-state index contributed by atoms with van der Waals surface area (Å²) in [6.07, 6.45) is 7.55. The summed E-state index contributed by atoms with van der Waals surface area (Å²) in [6, 6.07) is 7.81. The van der Waals surface area contributed by atoms with Gasteiger partial charge in [0, 0.05) is 23.8 Å². The van der Waals surface area contributed by atoms with Gasteiger partial charge in [-0.15, -0.1) is 0 Å². The van der Waals surface area contributed by atoms with Gasteiger partial charge in [-0.05, 0) is 55.9 Å². The number of nitrogens with two attached hydrogens (primary N) is 1. The van der Waals surface area contributed by atoms with Gasteiger partial charge in [-0.25, -0.2) is 0 Å². The maximum Gasteiger partial charge on any atom is 0.254 e. The summed E-state index contributed by atoms with van der Waals surface area (Å²) in [5, 5.41) is 0. The van der Waals surface area contributed by atoms with Crippen LogP contribution in [-0.4, -0.2) is 23.4 Å². The van der Waals surface area contributed by atoms with Gasteiger partial charge in [0.25, 0.3) is 5.91 Å². The number of carbonyl (C=O) groups excluding carboxylic acids is 1. The Bertz CT molecular complexity index is 452. The zero-order valence-corrected chi connectivity index (χ0v) is 11.3. The number of piperidine rings is 1. The molecule has 0 bridgehead atoms. The number of hydrogen-bond acceptors (Lipinski definition) is 2. The molecule has 2 fully saturated rings. The van der Waals surface area contributed by atoms with Crippen molar-refractivity contribution < 1.29 is 4.79 Å². The van der Waals surface area contributed by atoms with Crippen LogP contribution in [0.15, 0.2) is 24.3 Å². The van der Waals surface area contributed by atoms with Crippen LogP contribution in [0, 0.1) is 5.92 Å². The lowest BCUT2D eigenvalue weighted by atomic mass is 9.78. The van der Waals surface area contributed by atoms with Crippen molar-refractivity contribution in [1.82, 2.24) is 4.90 Å². The fourth-order valence-corrected chi connectivity index (χ4v) is 3.67. The van der Waals surface area contributed by atoms with Crippen molar-refractivity contribution in [2.24, 2.45) is 5.92 Å². The molecule has 2 N–H and O–H groups in total. The van der Waals surface area contributed by atoms with Crippen LogP contribution in [-0.2, 0) is 0 Å². The van der Waals surface area contributed by atoms with Crippen LogP contribution in [0.4, 0.5) is 5.69 Å². The highest BCUT2D eigenvalue weighted by molar-refractivity contribution is 5.94. The molecule has 1 amide bonds. The van der Waals surface area contributed by atoms with E-state index in [0.29, 0.717) is 11.7 Å². The SMILES string of the molecule is Nc1ccc(C(=O)N2CCC[C@@H]3CCCC[C@@H]32)cc1. The van der Waals surface area contributed by atoms with Crippen LogP contribution in [0.5, 0.6) is 0 Å². The lowest BCUT2D eigenvalue weighted by molar-refractivity contribution is 0.0391. The predicted octanol–water partition coefficient (Wildman–Crippen LogP) is 3.06. The van der Waals surface area contributed by atoms with Gasteiger partial charge in [-0.1, -0.05) is 12.8 Å². The monoisotopic (exact) mass is 258 g/mol. The lowest BCUT2D eigenvalue weighted by Gasteiger charge is -2.44. The Labute approximate surface area is 114 Å². The minimum atomic E-state index is 0.191. The van der Waals surface area contributed by atoms with E-state index in [4.69, 9.17) is 5.73 Å². The van der Waals surface area contributed by atoms with Gasteiger partial charge < -0.3 is 10.6 Å². The third-order valence-corrected chi connectivity index (χ3v) is 4.66. The molecule has 1 aromatic rings. The quantitative estimate of drug-likeness (QED) is 0.787. The molecule has 1 heterocycles. The highest BCUT2D eigenvalue weighted by atomic mass is 16.2. The van der Waals surface area contributed by atoms with Gasteiger partial charge >= 0.3 is 0 Å². The van der Waals surface area contributed by atoms with Crippen molar-refractivity contribution in [2.45, 2.75) is 44.6 Å². The van der Waals surface area contributed by atoms with E-state index in [1.54, 1.807) is 0 Å². The van der Waals surface area contributed by atoms with Crippen molar-refractivity contribution >= 4 is 11.6 Å². The molecule has 1 saturated heterocycles. The number of nitrogens with zero attached hydrogens (tertiary/aromatic N) is 1. The molecular weight excluding hydrogens is 236 g/mol. The van der Waals surface area contributed by atoms with Crippen LogP contribution in [0.1, 0.15) is 48.9 Å². The summed E-state index contributed by atoms with van der Waals surface area (Å²) in [5.41, 5.74) is 7.18. The highest BCUT2D eigenvalue weighted by Crippen LogP contribution is 2.35. The fraction of sp³-hybridized carbons (Fsp3) is 0.562. The van der Waals surface area contributed by atoms with Crippen molar-refractivity contribution in [3.8, 4) is 0 Å². The second-order valence-corrected chi connectivity index (χ2v) is 5.87. The van der Waals surface area contributed by atoms with E-state index < -0.39 is 0 Å². The van der Waals surface area contributed by atoms with Crippen LogP contribution in [0.2, 0.25) is 0 Å². The first-order valence-corrected chi connectivity index (χ1v) is 7.42. The van der Waals surface area contributed by atoms with E-state index >= 15 is 0 Å². The zero-order valence-electron chi connectivity index (χ0n) is 11.3. The number of nitrogen functional groups attached to an aromatic ring is 1. The lowest BCUT2D eigenvalue weighted by Crippen LogP contribution is -2.49. The second kappa shape index (κ2) is 5.24. The van der Waals surface area contributed by atoms with E-state index in [2.05, 4.69) is 4.90 Å². The average Bonchev–Trinajstić information content (AvgIpc) is 2.47. The summed E-state index contributed by atoms with van der Waals surface area (Å²) in [4.78, 5) is 14.8. The summed E-state index contributed by atoms with van der Waals surface area (Å²) >= 11 is 0. The Morgan fingerprint density at radius 1 is 1.05 bits per heavy atom. The van der Waals surface area contributed by atoms with Gasteiger partial charge in [0.1, 0.15) is 0 Å². The van der Waals surface area contributed by atoms with Crippen LogP contribution < -0.4 is 5.73 Å². The first-order chi connectivity index (χ1) is 9.25. The van der Waals surface area contributed by atoms with Gasteiger partial charge in [0.05, 0.1) is 0 Å². The summed E-state index contributed by atoms with van der Waals surface area (Å²) in [7, 11) is 0. The molecule has 19 heavy (non-hydrogen) atoms. The van der Waals surface area contributed by atoms with Crippen LogP contribution in [0.25, 0.3) is 0 Å². The molecule has 3 heteroatoms. The molecule has 1 aliphatic carbocycles. The minimum Gasteiger partial charge on any atom is -0.399 e. The number of amides is 1. The Morgan fingerprint density at radius 2 is 1.74 bits per heavy atom. The molecule has 1 aromatic carbocycles. The number of hydrogen-bond donors (Lipinski definition) is 1. The van der Waals surface area contributed by atoms with E-state index in [1.165, 1.54) is 32.1 Å². The maximum atomic E-state index is 12.7. The van der Waals surface area contributed by atoms with Gasteiger partial charge in [-0.2, -0.15) is 0 Å². The smallest absolute Gasteiger partial charge is 0.254 e. The molecule has 1 aliphatic heterocycles. The third kappa shape index (κ3) is 2.46. The molecule has 0 radical (unpaired) electrons. The van der Waals surface area contributed by atoms with E-state index in [9.17, 15) is 4.79 Å². The molecule has 2 atom stereocenters. The average molecular weight is 258 g/mol. The largest absolute Gasteiger partial charge is 0.399 e. The zero-order chi connectivity index (χ0) is 13.2. The Morgan fingerprint density at radius 3 is 2.53 bits per heavy atom. The van der Waals surface area contributed by atoms with Crippen molar-refractivity contribution in [1.29, 1.82) is 0 Å². The number of anilines is 1. The molecule has 2 aliphatic rings. The van der Waals surface area contributed by atoms with E-state index in [0.717, 1.165) is 24.4 Å². The van der Waals surface area contributed by atoms with E-state index in [-0.39, 0.29) is 5.91 Å². The predicted molar refractivity (Wildman–Crippen MR) is 76.9 cm³/mol. The van der Waals surface area contributed by atoms with Crippen LogP contribution in [0.3, 0.4) is 0 Å². The normalized spacial score (nSPS) is 26.8. The first-order valence-electron chi connectivity index (χ1n) is 7.42. The molecule has 102 valence electrons. The van der Waals surface area contributed by atoms with Crippen molar-refractivity contribution in [3.05, 3.63) is 29.8 Å². The van der Waals surface area contributed by atoms with Gasteiger partial charge in [-0.3, -0.25) is 4.79 Å².